The largest absolute Gasteiger partial charge is 0.495 e. The van der Waals surface area contributed by atoms with Crippen molar-refractivity contribution in [2.24, 2.45) is 0 Å². The molecule has 0 heterocycles. The minimum Gasteiger partial charge on any atom is -0.495 e. The lowest BCUT2D eigenvalue weighted by atomic mass is 10.2. The maximum absolute atomic E-state index is 11.2. The Morgan fingerprint density at radius 2 is 1.48 bits per heavy atom. The predicted molar refractivity (Wildman–Crippen MR) is 112 cm³/mol. The molecule has 3 N–H and O–H groups in total. The van der Waals surface area contributed by atoms with Crippen molar-refractivity contribution in [2.75, 3.05) is 37.3 Å². The van der Waals surface area contributed by atoms with Gasteiger partial charge in [-0.1, -0.05) is 11.6 Å². The SMILES string of the molecule is COc1cc(OC)c(NC(=S)Nc2ccc(NC(C)=O)cc2OC)cc1Cl. The molecular weight excluding hydrogens is 390 g/mol. The third-order valence-corrected chi connectivity index (χ3v) is 3.99. The van der Waals surface area contributed by atoms with Gasteiger partial charge in [0.1, 0.15) is 17.2 Å². The van der Waals surface area contributed by atoms with E-state index in [1.54, 1.807) is 30.3 Å². The molecule has 0 atom stereocenters. The number of amides is 1. The molecule has 2 aromatic carbocycles. The summed E-state index contributed by atoms with van der Waals surface area (Å²) in [6.07, 6.45) is 0. The maximum Gasteiger partial charge on any atom is 0.221 e. The Kier molecular flexibility index (Phi) is 7.09. The van der Waals surface area contributed by atoms with E-state index >= 15 is 0 Å². The topological polar surface area (TPSA) is 80.9 Å². The summed E-state index contributed by atoms with van der Waals surface area (Å²) in [7, 11) is 4.59. The summed E-state index contributed by atoms with van der Waals surface area (Å²) in [5.74, 6) is 1.37. The number of hydrogen-bond donors (Lipinski definition) is 3. The summed E-state index contributed by atoms with van der Waals surface area (Å²) in [5.41, 5.74) is 1.82. The summed E-state index contributed by atoms with van der Waals surface area (Å²) in [4.78, 5) is 11.2. The Morgan fingerprint density at radius 3 is 2.07 bits per heavy atom. The lowest BCUT2D eigenvalue weighted by Gasteiger charge is -2.17. The number of rotatable bonds is 6. The molecule has 7 nitrogen and oxygen atoms in total. The fourth-order valence-electron chi connectivity index (χ4n) is 2.31. The molecule has 2 rings (SSSR count). The highest BCUT2D eigenvalue weighted by atomic mass is 35.5. The van der Waals surface area contributed by atoms with Crippen LogP contribution >= 0.6 is 23.8 Å². The minimum absolute atomic E-state index is 0.168. The van der Waals surface area contributed by atoms with E-state index in [9.17, 15) is 4.79 Å². The van der Waals surface area contributed by atoms with Crippen molar-refractivity contribution in [3.05, 3.63) is 35.4 Å². The normalized spacial score (nSPS) is 9.96. The van der Waals surface area contributed by atoms with E-state index in [-0.39, 0.29) is 5.91 Å². The predicted octanol–water partition coefficient (Wildman–Crippen LogP) is 4.13. The Labute approximate surface area is 167 Å². The lowest BCUT2D eigenvalue weighted by Crippen LogP contribution is -2.20. The molecule has 144 valence electrons. The Balaban J connectivity index is 2.18. The van der Waals surface area contributed by atoms with Crippen LogP contribution in [0, 0.1) is 0 Å². The molecule has 0 aliphatic carbocycles. The van der Waals surface area contributed by atoms with Crippen LogP contribution in [0.15, 0.2) is 30.3 Å². The maximum atomic E-state index is 11.2. The molecule has 0 aliphatic rings. The molecule has 1 amide bonds. The smallest absolute Gasteiger partial charge is 0.221 e. The molecule has 0 saturated heterocycles. The van der Waals surface area contributed by atoms with Gasteiger partial charge in [0, 0.05) is 24.7 Å². The summed E-state index contributed by atoms with van der Waals surface area (Å²) in [6, 6.07) is 8.49. The first-order valence-electron chi connectivity index (χ1n) is 7.83. The number of benzene rings is 2. The lowest BCUT2D eigenvalue weighted by molar-refractivity contribution is -0.114. The van der Waals surface area contributed by atoms with Gasteiger partial charge in [-0.05, 0) is 30.4 Å². The standard InChI is InChI=1S/C18H20ClN3O4S/c1-10(23)20-11-5-6-13(16(7-11)25-3)21-18(27)22-14-8-12(19)15(24-2)9-17(14)26-4/h5-9H,1-4H3,(H,20,23)(H2,21,22,27). The Hall–Kier alpha value is -2.71. The molecule has 0 saturated carbocycles. The highest BCUT2D eigenvalue weighted by Crippen LogP contribution is 2.36. The fraction of sp³-hybridized carbons (Fsp3) is 0.222. The zero-order chi connectivity index (χ0) is 20.0. The molecule has 2 aromatic rings. The molecule has 9 heteroatoms. The summed E-state index contributed by atoms with van der Waals surface area (Å²) in [5, 5.41) is 9.49. The zero-order valence-electron chi connectivity index (χ0n) is 15.3. The van der Waals surface area contributed by atoms with Gasteiger partial charge in [-0.25, -0.2) is 0 Å². The van der Waals surface area contributed by atoms with Crippen molar-refractivity contribution in [1.82, 2.24) is 0 Å². The Bertz CT molecular complexity index is 861. The first-order chi connectivity index (χ1) is 12.9. The van der Waals surface area contributed by atoms with Crippen molar-refractivity contribution in [1.29, 1.82) is 0 Å². The van der Waals surface area contributed by atoms with Crippen LogP contribution in [0.5, 0.6) is 17.2 Å². The third kappa shape index (κ3) is 5.38. The van der Waals surface area contributed by atoms with E-state index in [0.717, 1.165) is 0 Å². The van der Waals surface area contributed by atoms with Crippen molar-refractivity contribution in [3.8, 4) is 17.2 Å². The van der Waals surface area contributed by atoms with E-state index in [4.69, 9.17) is 38.0 Å². The average molecular weight is 410 g/mol. The summed E-state index contributed by atoms with van der Waals surface area (Å²) >= 11 is 11.5. The molecule has 0 aliphatic heterocycles. The number of halogens is 1. The molecular formula is C18H20ClN3O4S. The molecule has 0 radical (unpaired) electrons. The van der Waals surface area contributed by atoms with Gasteiger partial charge in [-0.15, -0.1) is 0 Å². The minimum atomic E-state index is -0.168. The highest BCUT2D eigenvalue weighted by Gasteiger charge is 2.12. The van der Waals surface area contributed by atoms with Gasteiger partial charge in [0.15, 0.2) is 5.11 Å². The number of carbonyl (C=O) groups is 1. The number of hydrogen-bond acceptors (Lipinski definition) is 5. The van der Waals surface area contributed by atoms with Crippen LogP contribution in [0.3, 0.4) is 0 Å². The quantitative estimate of drug-likeness (QED) is 0.619. The Morgan fingerprint density at radius 1 is 0.889 bits per heavy atom. The number of nitrogens with one attached hydrogen (secondary N) is 3. The van der Waals surface area contributed by atoms with Crippen LogP contribution in [0.2, 0.25) is 5.02 Å². The van der Waals surface area contributed by atoms with E-state index in [1.165, 1.54) is 28.3 Å². The van der Waals surface area contributed by atoms with E-state index in [0.29, 0.717) is 44.4 Å². The van der Waals surface area contributed by atoms with Gasteiger partial charge in [0.25, 0.3) is 0 Å². The van der Waals surface area contributed by atoms with Crippen molar-refractivity contribution in [2.45, 2.75) is 6.92 Å². The second-order valence-corrected chi connectivity index (χ2v) is 6.18. The molecule has 0 aromatic heterocycles. The van der Waals surface area contributed by atoms with Gasteiger partial charge in [-0.3, -0.25) is 4.79 Å². The molecule has 27 heavy (non-hydrogen) atoms. The summed E-state index contributed by atoms with van der Waals surface area (Å²) < 4.78 is 15.9. The molecule has 0 fully saturated rings. The van der Waals surface area contributed by atoms with Crippen molar-refractivity contribution in [3.63, 3.8) is 0 Å². The molecule has 0 bridgehead atoms. The number of methoxy groups -OCH3 is 3. The van der Waals surface area contributed by atoms with Crippen molar-refractivity contribution < 1.29 is 19.0 Å². The van der Waals surface area contributed by atoms with Crippen LogP contribution in [-0.4, -0.2) is 32.3 Å². The van der Waals surface area contributed by atoms with Crippen LogP contribution in [0.25, 0.3) is 0 Å². The number of thiocarbonyl (C=S) groups is 1. The van der Waals surface area contributed by atoms with Crippen LogP contribution < -0.4 is 30.2 Å². The highest BCUT2D eigenvalue weighted by molar-refractivity contribution is 7.80. The van der Waals surface area contributed by atoms with Gasteiger partial charge in [0.05, 0.1) is 37.7 Å². The molecule has 0 unspecified atom stereocenters. The second-order valence-electron chi connectivity index (χ2n) is 5.36. The van der Waals surface area contributed by atoms with Crippen LogP contribution in [0.1, 0.15) is 6.92 Å². The fourth-order valence-corrected chi connectivity index (χ4v) is 2.77. The van der Waals surface area contributed by atoms with Gasteiger partial charge >= 0.3 is 0 Å². The van der Waals surface area contributed by atoms with Crippen LogP contribution in [0.4, 0.5) is 17.1 Å². The van der Waals surface area contributed by atoms with Crippen molar-refractivity contribution >= 4 is 51.9 Å². The third-order valence-electron chi connectivity index (χ3n) is 3.49. The van der Waals surface area contributed by atoms with Gasteiger partial charge in [0.2, 0.25) is 5.91 Å². The van der Waals surface area contributed by atoms with E-state index in [1.807, 2.05) is 0 Å². The molecule has 0 spiro atoms. The zero-order valence-corrected chi connectivity index (χ0v) is 16.9. The second kappa shape index (κ2) is 9.29. The van der Waals surface area contributed by atoms with Crippen LogP contribution in [-0.2, 0) is 4.79 Å². The number of ether oxygens (including phenoxy) is 3. The van der Waals surface area contributed by atoms with E-state index in [2.05, 4.69) is 16.0 Å². The first kappa shape index (κ1) is 20.6. The van der Waals surface area contributed by atoms with E-state index < -0.39 is 0 Å². The first-order valence-corrected chi connectivity index (χ1v) is 8.61. The van der Waals surface area contributed by atoms with Gasteiger partial charge in [-0.2, -0.15) is 0 Å². The number of anilines is 3. The summed E-state index contributed by atoms with van der Waals surface area (Å²) in [6.45, 7) is 1.44. The van der Waals surface area contributed by atoms with Gasteiger partial charge < -0.3 is 30.2 Å². The monoisotopic (exact) mass is 409 g/mol. The average Bonchev–Trinajstić information content (AvgIpc) is 2.62. The number of carbonyl (C=O) groups excluding carboxylic acids is 1.